The van der Waals surface area contributed by atoms with E-state index < -0.39 is 46.1 Å². The van der Waals surface area contributed by atoms with Gasteiger partial charge in [-0.15, -0.1) is 0 Å². The molecule has 8 heteroatoms. The van der Waals surface area contributed by atoms with E-state index >= 15 is 0 Å². The standard InChI is InChI=1S/C30H33F4NO3/c1-2-3-18-4-8-20(9-5-18)21-10-6-19(7-11-21)17-37-22-12-27(33)29(28(34)13-22)30(36)38-23-14-25(31)24(16-35)26(32)15-23/h12-15,18-21H,2-11,17H2,1H3. The molecule has 204 valence electrons. The lowest BCUT2D eigenvalue weighted by Gasteiger charge is -2.37. The molecule has 2 fully saturated rings. The third-order valence-electron chi connectivity index (χ3n) is 8.19. The van der Waals surface area contributed by atoms with Gasteiger partial charge in [0.05, 0.1) is 6.61 Å². The van der Waals surface area contributed by atoms with Crippen molar-refractivity contribution in [3.63, 3.8) is 0 Å². The van der Waals surface area contributed by atoms with E-state index in [9.17, 15) is 22.4 Å². The fraction of sp³-hybridized carbons (Fsp3) is 0.533. The van der Waals surface area contributed by atoms with Gasteiger partial charge in [0.15, 0.2) is 0 Å². The highest BCUT2D eigenvalue weighted by molar-refractivity contribution is 5.91. The van der Waals surface area contributed by atoms with Crippen LogP contribution >= 0.6 is 0 Å². The summed E-state index contributed by atoms with van der Waals surface area (Å²) in [7, 11) is 0. The summed E-state index contributed by atoms with van der Waals surface area (Å²) < 4.78 is 67.2. The van der Waals surface area contributed by atoms with Crippen molar-refractivity contribution in [1.82, 2.24) is 0 Å². The minimum Gasteiger partial charge on any atom is -0.493 e. The number of hydrogen-bond donors (Lipinski definition) is 0. The topological polar surface area (TPSA) is 59.3 Å². The molecule has 2 aromatic rings. The summed E-state index contributed by atoms with van der Waals surface area (Å²) in [5.41, 5.74) is -1.86. The zero-order chi connectivity index (χ0) is 27.2. The second-order valence-electron chi connectivity index (χ2n) is 10.7. The molecule has 2 saturated carbocycles. The van der Waals surface area contributed by atoms with Crippen molar-refractivity contribution in [2.75, 3.05) is 6.61 Å². The molecule has 0 heterocycles. The molecule has 4 rings (SSSR count). The fourth-order valence-corrected chi connectivity index (χ4v) is 6.10. The lowest BCUT2D eigenvalue weighted by Crippen LogP contribution is -2.27. The summed E-state index contributed by atoms with van der Waals surface area (Å²) in [6, 6.07) is 4.33. The molecule has 38 heavy (non-hydrogen) atoms. The first-order valence-electron chi connectivity index (χ1n) is 13.5. The number of benzene rings is 2. The number of nitrogens with zero attached hydrogens (tertiary/aromatic N) is 1. The van der Waals surface area contributed by atoms with E-state index in [1.54, 1.807) is 0 Å². The minimum atomic E-state index is -1.46. The Bertz CT molecular complexity index is 1130. The maximum Gasteiger partial charge on any atom is 0.349 e. The Kier molecular flexibility index (Phi) is 9.30. The van der Waals surface area contributed by atoms with Gasteiger partial charge in [0.1, 0.15) is 52.0 Å². The SMILES string of the molecule is CCCC1CCC(C2CCC(COc3cc(F)c(C(=O)Oc4cc(F)c(C#N)c(F)c4)c(F)c3)CC2)CC1. The highest BCUT2D eigenvalue weighted by Gasteiger charge is 2.31. The zero-order valence-corrected chi connectivity index (χ0v) is 21.6. The zero-order valence-electron chi connectivity index (χ0n) is 21.6. The molecule has 2 aromatic carbocycles. The van der Waals surface area contributed by atoms with Crippen molar-refractivity contribution >= 4 is 5.97 Å². The highest BCUT2D eigenvalue weighted by atomic mass is 19.1. The molecular formula is C30H33F4NO3. The predicted octanol–water partition coefficient (Wildman–Crippen LogP) is 8.13. The van der Waals surface area contributed by atoms with Crippen LogP contribution in [0.2, 0.25) is 0 Å². The highest BCUT2D eigenvalue weighted by Crippen LogP contribution is 2.42. The Morgan fingerprint density at radius 3 is 1.82 bits per heavy atom. The predicted molar refractivity (Wildman–Crippen MR) is 134 cm³/mol. The summed E-state index contributed by atoms with van der Waals surface area (Å²) in [6.07, 6.45) is 12.3. The first kappa shape index (κ1) is 27.9. The molecule has 0 saturated heterocycles. The Labute approximate surface area is 220 Å². The molecule has 0 amide bonds. The van der Waals surface area contributed by atoms with Crippen LogP contribution in [0.3, 0.4) is 0 Å². The maximum absolute atomic E-state index is 14.6. The lowest BCUT2D eigenvalue weighted by molar-refractivity contribution is 0.0723. The van der Waals surface area contributed by atoms with E-state index in [0.29, 0.717) is 24.7 Å². The average Bonchev–Trinajstić information content (AvgIpc) is 2.88. The van der Waals surface area contributed by atoms with Crippen LogP contribution in [-0.4, -0.2) is 12.6 Å². The first-order valence-corrected chi connectivity index (χ1v) is 13.5. The number of rotatable bonds is 8. The van der Waals surface area contributed by atoms with Gasteiger partial charge in [0, 0.05) is 24.3 Å². The Morgan fingerprint density at radius 2 is 1.32 bits per heavy atom. The van der Waals surface area contributed by atoms with Crippen LogP contribution < -0.4 is 9.47 Å². The number of ether oxygens (including phenoxy) is 2. The van der Waals surface area contributed by atoms with Crippen molar-refractivity contribution < 1.29 is 31.8 Å². The number of carbonyl (C=O) groups excluding carboxylic acids is 1. The second kappa shape index (κ2) is 12.6. The van der Waals surface area contributed by atoms with Crippen molar-refractivity contribution in [1.29, 1.82) is 5.26 Å². The molecule has 2 aliphatic rings. The number of esters is 1. The third-order valence-corrected chi connectivity index (χ3v) is 8.19. The Morgan fingerprint density at radius 1 is 0.816 bits per heavy atom. The second-order valence-corrected chi connectivity index (χ2v) is 10.7. The monoisotopic (exact) mass is 531 g/mol. The lowest BCUT2D eigenvalue weighted by atomic mass is 9.69. The van der Waals surface area contributed by atoms with E-state index in [2.05, 4.69) is 6.92 Å². The van der Waals surface area contributed by atoms with Gasteiger partial charge in [-0.1, -0.05) is 32.6 Å². The van der Waals surface area contributed by atoms with Gasteiger partial charge in [0.25, 0.3) is 0 Å². The van der Waals surface area contributed by atoms with Crippen molar-refractivity contribution in [2.24, 2.45) is 23.7 Å². The van der Waals surface area contributed by atoms with Crippen molar-refractivity contribution in [3.8, 4) is 17.6 Å². The quantitative estimate of drug-likeness (QED) is 0.196. The summed E-state index contributed by atoms with van der Waals surface area (Å²) in [4.78, 5) is 12.3. The van der Waals surface area contributed by atoms with Gasteiger partial charge in [-0.2, -0.15) is 5.26 Å². The Balaban J connectivity index is 1.29. The summed E-state index contributed by atoms with van der Waals surface area (Å²) >= 11 is 0. The fourth-order valence-electron chi connectivity index (χ4n) is 6.10. The van der Waals surface area contributed by atoms with Gasteiger partial charge in [-0.3, -0.25) is 0 Å². The largest absolute Gasteiger partial charge is 0.493 e. The van der Waals surface area contributed by atoms with Crippen LogP contribution in [0, 0.1) is 58.3 Å². The number of nitriles is 1. The van der Waals surface area contributed by atoms with Crippen molar-refractivity contribution in [3.05, 3.63) is 58.7 Å². The van der Waals surface area contributed by atoms with Gasteiger partial charge >= 0.3 is 5.97 Å². The van der Waals surface area contributed by atoms with Crippen LogP contribution in [0.25, 0.3) is 0 Å². The van der Waals surface area contributed by atoms with E-state index in [0.717, 1.165) is 55.6 Å². The van der Waals surface area contributed by atoms with E-state index in [4.69, 9.17) is 14.7 Å². The maximum atomic E-state index is 14.6. The van der Waals surface area contributed by atoms with E-state index in [1.807, 2.05) is 0 Å². The third kappa shape index (κ3) is 6.67. The van der Waals surface area contributed by atoms with Gasteiger partial charge < -0.3 is 9.47 Å². The minimum absolute atomic E-state index is 0.0385. The van der Waals surface area contributed by atoms with Crippen LogP contribution in [-0.2, 0) is 0 Å². The molecule has 2 aliphatic carbocycles. The molecule has 0 spiro atoms. The van der Waals surface area contributed by atoms with Gasteiger partial charge in [0.2, 0.25) is 0 Å². The van der Waals surface area contributed by atoms with Crippen LogP contribution in [0.5, 0.6) is 11.5 Å². The normalized spacial score (nSPS) is 23.5. The van der Waals surface area contributed by atoms with Gasteiger partial charge in [-0.25, -0.2) is 22.4 Å². The molecular weight excluding hydrogens is 498 g/mol. The Hall–Kier alpha value is -3.08. The smallest absolute Gasteiger partial charge is 0.349 e. The average molecular weight is 532 g/mol. The van der Waals surface area contributed by atoms with Crippen LogP contribution in [0.15, 0.2) is 24.3 Å². The molecule has 0 atom stereocenters. The van der Waals surface area contributed by atoms with E-state index in [1.165, 1.54) is 44.6 Å². The van der Waals surface area contributed by atoms with Gasteiger partial charge in [-0.05, 0) is 62.2 Å². The number of carbonyl (C=O) groups is 1. The van der Waals surface area contributed by atoms with Crippen molar-refractivity contribution in [2.45, 2.75) is 71.1 Å². The summed E-state index contributed by atoms with van der Waals surface area (Å²) in [5.74, 6) is -4.26. The first-order chi connectivity index (χ1) is 18.3. The molecule has 0 bridgehead atoms. The molecule has 0 unspecified atom stereocenters. The van der Waals surface area contributed by atoms with Crippen LogP contribution in [0.1, 0.15) is 87.1 Å². The number of halogens is 4. The summed E-state index contributed by atoms with van der Waals surface area (Å²) in [5, 5.41) is 8.72. The molecule has 4 nitrogen and oxygen atoms in total. The molecule has 0 radical (unpaired) electrons. The molecule has 0 N–H and O–H groups in total. The molecule has 0 aromatic heterocycles. The van der Waals surface area contributed by atoms with E-state index in [-0.39, 0.29) is 5.75 Å². The summed E-state index contributed by atoms with van der Waals surface area (Å²) in [6.45, 7) is 2.59. The molecule has 0 aliphatic heterocycles. The number of hydrogen-bond acceptors (Lipinski definition) is 4. The van der Waals surface area contributed by atoms with Crippen LogP contribution in [0.4, 0.5) is 17.6 Å².